The summed E-state index contributed by atoms with van der Waals surface area (Å²) in [6.45, 7) is 4.20. The quantitative estimate of drug-likeness (QED) is 0.859. The average molecular weight is 325 g/mol. The Balaban J connectivity index is 1.73. The Bertz CT molecular complexity index is 562. The highest BCUT2D eigenvalue weighted by atomic mass is 32.2. The van der Waals surface area contributed by atoms with E-state index in [0.29, 0.717) is 10.9 Å². The standard InChI is InChI=1S/C16H27N3O2S/c1-18(2)15-8-11-19(12-9-15)13-10-17-14-4-6-16(7-5-14)22(3,20)21/h4-7,15,17H,8-13H2,1-3H3. The maximum absolute atomic E-state index is 11.4. The van der Waals surface area contributed by atoms with Crippen LogP contribution in [0.25, 0.3) is 0 Å². The minimum absolute atomic E-state index is 0.365. The van der Waals surface area contributed by atoms with Gasteiger partial charge in [0, 0.05) is 31.1 Å². The monoisotopic (exact) mass is 325 g/mol. The number of benzene rings is 1. The van der Waals surface area contributed by atoms with E-state index >= 15 is 0 Å². The van der Waals surface area contributed by atoms with Gasteiger partial charge < -0.3 is 15.1 Å². The molecule has 22 heavy (non-hydrogen) atoms. The predicted molar refractivity (Wildman–Crippen MR) is 91.2 cm³/mol. The van der Waals surface area contributed by atoms with Gasteiger partial charge in [-0.3, -0.25) is 0 Å². The largest absolute Gasteiger partial charge is 0.384 e. The number of anilines is 1. The number of piperidine rings is 1. The van der Waals surface area contributed by atoms with Gasteiger partial charge in [0.05, 0.1) is 4.90 Å². The molecule has 1 aliphatic rings. The molecule has 5 nitrogen and oxygen atoms in total. The third-order valence-electron chi connectivity index (χ3n) is 4.33. The van der Waals surface area contributed by atoms with E-state index in [0.717, 1.165) is 31.9 Å². The second-order valence-electron chi connectivity index (χ2n) is 6.26. The molecule has 0 aliphatic carbocycles. The molecule has 0 aromatic heterocycles. The lowest BCUT2D eigenvalue weighted by atomic mass is 10.0. The third-order valence-corrected chi connectivity index (χ3v) is 5.46. The van der Waals surface area contributed by atoms with Gasteiger partial charge in [0.15, 0.2) is 9.84 Å². The van der Waals surface area contributed by atoms with Gasteiger partial charge in [-0.15, -0.1) is 0 Å². The molecule has 0 saturated carbocycles. The summed E-state index contributed by atoms with van der Waals surface area (Å²) >= 11 is 0. The third kappa shape index (κ3) is 4.97. The van der Waals surface area contributed by atoms with E-state index in [2.05, 4.69) is 29.2 Å². The van der Waals surface area contributed by atoms with E-state index in [1.165, 1.54) is 19.1 Å². The van der Waals surface area contributed by atoms with Crippen molar-refractivity contribution in [3.63, 3.8) is 0 Å². The van der Waals surface area contributed by atoms with Crippen LogP contribution in [-0.4, -0.2) is 70.8 Å². The van der Waals surface area contributed by atoms with Crippen molar-refractivity contribution in [2.45, 2.75) is 23.8 Å². The van der Waals surface area contributed by atoms with Crippen LogP contribution >= 0.6 is 0 Å². The summed E-state index contributed by atoms with van der Waals surface area (Å²) in [6.07, 6.45) is 3.69. The number of hydrogen-bond donors (Lipinski definition) is 1. The number of sulfone groups is 1. The second kappa shape index (κ2) is 7.44. The topological polar surface area (TPSA) is 52.6 Å². The van der Waals surface area contributed by atoms with E-state index in [1.807, 2.05) is 12.1 Å². The number of nitrogens with one attached hydrogen (secondary N) is 1. The fourth-order valence-corrected chi connectivity index (χ4v) is 3.47. The first-order chi connectivity index (χ1) is 10.4. The number of hydrogen-bond acceptors (Lipinski definition) is 5. The highest BCUT2D eigenvalue weighted by Crippen LogP contribution is 2.15. The van der Waals surface area contributed by atoms with Gasteiger partial charge in [-0.05, 0) is 64.3 Å². The molecule has 0 unspecified atom stereocenters. The summed E-state index contributed by atoms with van der Waals surface area (Å²) in [5, 5.41) is 3.36. The summed E-state index contributed by atoms with van der Waals surface area (Å²) in [5.41, 5.74) is 0.968. The van der Waals surface area contributed by atoms with Gasteiger partial charge in [-0.1, -0.05) is 0 Å². The maximum Gasteiger partial charge on any atom is 0.175 e. The van der Waals surface area contributed by atoms with Crippen molar-refractivity contribution < 1.29 is 8.42 Å². The zero-order chi connectivity index (χ0) is 16.2. The number of nitrogens with zero attached hydrogens (tertiary/aromatic N) is 2. The van der Waals surface area contributed by atoms with Crippen molar-refractivity contribution >= 4 is 15.5 Å². The van der Waals surface area contributed by atoms with E-state index in [1.54, 1.807) is 12.1 Å². The van der Waals surface area contributed by atoms with E-state index in [4.69, 9.17) is 0 Å². The van der Waals surface area contributed by atoms with E-state index in [9.17, 15) is 8.42 Å². The summed E-state index contributed by atoms with van der Waals surface area (Å²) in [5.74, 6) is 0. The average Bonchev–Trinajstić information content (AvgIpc) is 2.47. The van der Waals surface area contributed by atoms with Gasteiger partial charge in [0.2, 0.25) is 0 Å². The van der Waals surface area contributed by atoms with Crippen molar-refractivity contribution in [2.24, 2.45) is 0 Å². The first kappa shape index (κ1) is 17.2. The number of rotatable bonds is 6. The lowest BCUT2D eigenvalue weighted by molar-refractivity contribution is 0.148. The van der Waals surface area contributed by atoms with Crippen LogP contribution in [0, 0.1) is 0 Å². The lowest BCUT2D eigenvalue weighted by Gasteiger charge is -2.35. The first-order valence-corrected chi connectivity index (χ1v) is 9.68. The smallest absolute Gasteiger partial charge is 0.175 e. The van der Waals surface area contributed by atoms with Crippen LogP contribution < -0.4 is 5.32 Å². The van der Waals surface area contributed by atoms with Crippen LogP contribution in [0.2, 0.25) is 0 Å². The van der Waals surface area contributed by atoms with Crippen LogP contribution in [0.15, 0.2) is 29.2 Å². The zero-order valence-corrected chi connectivity index (χ0v) is 14.6. The van der Waals surface area contributed by atoms with Crippen molar-refractivity contribution in [3.05, 3.63) is 24.3 Å². The molecule has 6 heteroatoms. The summed E-state index contributed by atoms with van der Waals surface area (Å²) in [7, 11) is 1.20. The Kier molecular flexibility index (Phi) is 5.83. The minimum Gasteiger partial charge on any atom is -0.384 e. The summed E-state index contributed by atoms with van der Waals surface area (Å²) in [4.78, 5) is 5.17. The molecule has 1 aromatic carbocycles. The SMILES string of the molecule is CN(C)C1CCN(CCNc2ccc(S(C)(=O)=O)cc2)CC1. The molecular weight excluding hydrogens is 298 g/mol. The van der Waals surface area contributed by atoms with Crippen molar-refractivity contribution in [1.29, 1.82) is 0 Å². The minimum atomic E-state index is -3.11. The molecule has 1 aromatic rings. The Hall–Kier alpha value is -1.11. The fraction of sp³-hybridized carbons (Fsp3) is 0.625. The van der Waals surface area contributed by atoms with Gasteiger partial charge in [-0.2, -0.15) is 0 Å². The molecule has 1 saturated heterocycles. The van der Waals surface area contributed by atoms with Gasteiger partial charge in [-0.25, -0.2) is 8.42 Å². The van der Waals surface area contributed by atoms with Crippen molar-refractivity contribution in [3.8, 4) is 0 Å². The van der Waals surface area contributed by atoms with E-state index < -0.39 is 9.84 Å². The predicted octanol–water partition coefficient (Wildman–Crippen LogP) is 1.53. The Morgan fingerprint density at radius 3 is 2.27 bits per heavy atom. The molecule has 0 spiro atoms. The van der Waals surface area contributed by atoms with Crippen LogP contribution in [0.1, 0.15) is 12.8 Å². The molecule has 0 amide bonds. The molecule has 124 valence electrons. The molecule has 1 N–H and O–H groups in total. The first-order valence-electron chi connectivity index (χ1n) is 7.79. The molecule has 0 atom stereocenters. The summed E-state index contributed by atoms with van der Waals surface area (Å²) in [6, 6.07) is 7.68. The van der Waals surface area contributed by atoms with Crippen LogP contribution in [-0.2, 0) is 9.84 Å². The highest BCUT2D eigenvalue weighted by molar-refractivity contribution is 7.90. The molecule has 1 aliphatic heterocycles. The zero-order valence-electron chi connectivity index (χ0n) is 13.7. The maximum atomic E-state index is 11.4. The highest BCUT2D eigenvalue weighted by Gasteiger charge is 2.19. The van der Waals surface area contributed by atoms with Crippen LogP contribution in [0.4, 0.5) is 5.69 Å². The van der Waals surface area contributed by atoms with Gasteiger partial charge in [0.25, 0.3) is 0 Å². The molecule has 2 rings (SSSR count). The van der Waals surface area contributed by atoms with Gasteiger partial charge >= 0.3 is 0 Å². The van der Waals surface area contributed by atoms with Crippen molar-refractivity contribution in [1.82, 2.24) is 9.80 Å². The molecule has 1 heterocycles. The lowest BCUT2D eigenvalue weighted by Crippen LogP contribution is -2.43. The Morgan fingerprint density at radius 1 is 1.18 bits per heavy atom. The van der Waals surface area contributed by atoms with E-state index in [-0.39, 0.29) is 0 Å². The fourth-order valence-electron chi connectivity index (χ4n) is 2.84. The molecule has 0 radical (unpaired) electrons. The Morgan fingerprint density at radius 2 is 1.77 bits per heavy atom. The van der Waals surface area contributed by atoms with Crippen molar-refractivity contribution in [2.75, 3.05) is 51.8 Å². The summed E-state index contributed by atoms with van der Waals surface area (Å²) < 4.78 is 22.8. The molecule has 1 fully saturated rings. The van der Waals surface area contributed by atoms with Crippen LogP contribution in [0.5, 0.6) is 0 Å². The van der Waals surface area contributed by atoms with Crippen LogP contribution in [0.3, 0.4) is 0 Å². The van der Waals surface area contributed by atoms with Gasteiger partial charge in [0.1, 0.15) is 0 Å². The second-order valence-corrected chi connectivity index (χ2v) is 8.28. The molecule has 0 bridgehead atoms. The number of likely N-dealkylation sites (tertiary alicyclic amines) is 1. The molecular formula is C16H27N3O2S. The Labute approximate surface area is 134 Å². The normalized spacial score (nSPS) is 17.8.